The van der Waals surface area contributed by atoms with Gasteiger partial charge >= 0.3 is 0 Å². The van der Waals surface area contributed by atoms with E-state index < -0.39 is 0 Å². The minimum absolute atomic E-state index is 0.144. The maximum absolute atomic E-state index is 13.5. The Morgan fingerprint density at radius 2 is 1.58 bits per heavy atom. The number of aromatic nitrogens is 1. The number of carbonyl (C=O) groups is 1. The molecule has 1 heterocycles. The highest BCUT2D eigenvalue weighted by atomic mass is 19.1. The van der Waals surface area contributed by atoms with Crippen molar-refractivity contribution in [3.63, 3.8) is 0 Å². The lowest BCUT2D eigenvalue weighted by atomic mass is 9.98. The van der Waals surface area contributed by atoms with Crippen molar-refractivity contribution in [1.29, 1.82) is 0 Å². The molecule has 0 saturated heterocycles. The Morgan fingerprint density at radius 3 is 2.23 bits per heavy atom. The van der Waals surface area contributed by atoms with Gasteiger partial charge in [0.25, 0.3) is 0 Å². The fourth-order valence-corrected chi connectivity index (χ4v) is 4.38. The van der Waals surface area contributed by atoms with Gasteiger partial charge in [-0.1, -0.05) is 68.4 Å². The Hall–Kier alpha value is -3.46. The van der Waals surface area contributed by atoms with Crippen molar-refractivity contribution in [2.24, 2.45) is 0 Å². The van der Waals surface area contributed by atoms with E-state index in [2.05, 4.69) is 66.9 Å². The topological polar surface area (TPSA) is 22.0 Å². The van der Waals surface area contributed by atoms with Gasteiger partial charge in [0, 0.05) is 28.2 Å². The molecule has 0 amide bonds. The number of rotatable bonds is 6. The molecule has 0 unspecified atom stereocenters. The molecule has 0 bridgehead atoms. The number of halogens is 1. The number of benzene rings is 3. The molecular formula is C28H26FNO. The second-order valence-electron chi connectivity index (χ2n) is 8.21. The average molecular weight is 412 g/mol. The van der Waals surface area contributed by atoms with Gasteiger partial charge in [0.2, 0.25) is 0 Å². The van der Waals surface area contributed by atoms with Crippen LogP contribution in [0.1, 0.15) is 52.6 Å². The predicted molar refractivity (Wildman–Crippen MR) is 125 cm³/mol. The number of hydrogen-bond acceptors (Lipinski definition) is 1. The summed E-state index contributed by atoms with van der Waals surface area (Å²) >= 11 is 0. The van der Waals surface area contributed by atoms with Crippen molar-refractivity contribution < 1.29 is 9.18 Å². The van der Waals surface area contributed by atoms with E-state index in [9.17, 15) is 9.18 Å². The molecule has 0 radical (unpaired) electrons. The van der Waals surface area contributed by atoms with Gasteiger partial charge in [-0.25, -0.2) is 4.39 Å². The SMILES string of the molecule is Cc1c(-c2ccc(F)cc2)c(C=O)c(C(C)C)n1-c1cccc(Cc2ccccc2)c1. The number of aldehydes is 1. The standard InChI is InChI=1S/C28H26FNO/c1-19(2)28-26(18-31)27(23-12-14-24(29)15-13-23)20(3)30(28)25-11-7-10-22(17-25)16-21-8-5-4-6-9-21/h4-15,17-19H,16H2,1-3H3. The Balaban J connectivity index is 1.88. The summed E-state index contributed by atoms with van der Waals surface area (Å²) in [6, 6.07) is 25.2. The third-order valence-electron chi connectivity index (χ3n) is 5.70. The molecule has 3 aromatic carbocycles. The van der Waals surface area contributed by atoms with Gasteiger partial charge < -0.3 is 4.57 Å². The van der Waals surface area contributed by atoms with Gasteiger partial charge in [0.05, 0.1) is 0 Å². The van der Waals surface area contributed by atoms with Crippen LogP contribution in [0.2, 0.25) is 0 Å². The van der Waals surface area contributed by atoms with Crippen molar-refractivity contribution in [1.82, 2.24) is 4.57 Å². The number of carbonyl (C=O) groups excluding carboxylic acids is 1. The first kappa shape index (κ1) is 20.8. The molecule has 156 valence electrons. The molecule has 0 aliphatic heterocycles. The van der Waals surface area contributed by atoms with E-state index in [0.717, 1.165) is 40.9 Å². The minimum Gasteiger partial charge on any atom is -0.317 e. The molecule has 0 spiro atoms. The van der Waals surface area contributed by atoms with Crippen LogP contribution in [0.3, 0.4) is 0 Å². The quantitative estimate of drug-likeness (QED) is 0.310. The van der Waals surface area contributed by atoms with Gasteiger partial charge in [-0.2, -0.15) is 0 Å². The van der Waals surface area contributed by atoms with Crippen LogP contribution in [-0.2, 0) is 6.42 Å². The van der Waals surface area contributed by atoms with Crippen LogP contribution in [-0.4, -0.2) is 10.9 Å². The normalized spacial score (nSPS) is 11.1. The minimum atomic E-state index is -0.286. The number of nitrogens with zero attached hydrogens (tertiary/aromatic N) is 1. The molecule has 3 heteroatoms. The van der Waals surface area contributed by atoms with E-state index in [-0.39, 0.29) is 11.7 Å². The van der Waals surface area contributed by atoms with Gasteiger partial charge in [-0.15, -0.1) is 0 Å². The maximum Gasteiger partial charge on any atom is 0.152 e. The first-order chi connectivity index (χ1) is 15.0. The van der Waals surface area contributed by atoms with Crippen molar-refractivity contribution in [3.8, 4) is 16.8 Å². The van der Waals surface area contributed by atoms with E-state index in [1.807, 2.05) is 13.0 Å². The summed E-state index contributed by atoms with van der Waals surface area (Å²) in [4.78, 5) is 12.2. The van der Waals surface area contributed by atoms with Crippen LogP contribution in [0.5, 0.6) is 0 Å². The first-order valence-electron chi connectivity index (χ1n) is 10.6. The fraction of sp³-hybridized carbons (Fsp3) is 0.179. The lowest BCUT2D eigenvalue weighted by Gasteiger charge is -2.16. The van der Waals surface area contributed by atoms with E-state index in [1.54, 1.807) is 12.1 Å². The van der Waals surface area contributed by atoms with Crippen molar-refractivity contribution in [2.75, 3.05) is 0 Å². The Bertz CT molecular complexity index is 1200. The van der Waals surface area contributed by atoms with Crippen molar-refractivity contribution in [3.05, 3.63) is 113 Å². The lowest BCUT2D eigenvalue weighted by molar-refractivity contribution is 0.112. The zero-order valence-corrected chi connectivity index (χ0v) is 18.1. The second kappa shape index (κ2) is 8.73. The predicted octanol–water partition coefficient (Wildman–Crippen LogP) is 7.12. The van der Waals surface area contributed by atoms with Crippen LogP contribution < -0.4 is 0 Å². The molecule has 4 rings (SSSR count). The molecular weight excluding hydrogens is 385 g/mol. The third kappa shape index (κ3) is 4.09. The van der Waals surface area contributed by atoms with Crippen molar-refractivity contribution in [2.45, 2.75) is 33.1 Å². The second-order valence-corrected chi connectivity index (χ2v) is 8.21. The summed E-state index contributed by atoms with van der Waals surface area (Å²) in [5, 5.41) is 0. The largest absolute Gasteiger partial charge is 0.317 e. The Labute approximate surface area is 183 Å². The summed E-state index contributed by atoms with van der Waals surface area (Å²) < 4.78 is 15.7. The Kier molecular flexibility index (Phi) is 5.85. The molecule has 1 aromatic heterocycles. The molecule has 0 fully saturated rings. The van der Waals surface area contributed by atoms with Crippen LogP contribution in [0, 0.1) is 12.7 Å². The molecule has 0 saturated carbocycles. The summed E-state index contributed by atoms with van der Waals surface area (Å²) in [6.07, 6.45) is 1.78. The summed E-state index contributed by atoms with van der Waals surface area (Å²) in [5.74, 6) is -0.142. The van der Waals surface area contributed by atoms with Crippen molar-refractivity contribution >= 4 is 6.29 Å². The van der Waals surface area contributed by atoms with Gasteiger partial charge in [0.1, 0.15) is 5.82 Å². The van der Waals surface area contributed by atoms with Crippen LogP contribution in [0.25, 0.3) is 16.8 Å². The molecule has 0 atom stereocenters. The van der Waals surface area contributed by atoms with Gasteiger partial charge in [-0.05, 0) is 60.2 Å². The third-order valence-corrected chi connectivity index (χ3v) is 5.70. The molecule has 31 heavy (non-hydrogen) atoms. The molecule has 0 aliphatic carbocycles. The molecule has 4 aromatic rings. The molecule has 2 nitrogen and oxygen atoms in total. The summed E-state index contributed by atoms with van der Waals surface area (Å²) in [6.45, 7) is 6.22. The zero-order valence-electron chi connectivity index (χ0n) is 18.1. The summed E-state index contributed by atoms with van der Waals surface area (Å²) in [5.41, 5.74) is 7.85. The van der Waals surface area contributed by atoms with E-state index in [4.69, 9.17) is 0 Å². The fourth-order valence-electron chi connectivity index (χ4n) is 4.38. The van der Waals surface area contributed by atoms with E-state index >= 15 is 0 Å². The monoisotopic (exact) mass is 411 g/mol. The highest BCUT2D eigenvalue weighted by Crippen LogP contribution is 2.37. The molecule has 0 N–H and O–H groups in total. The van der Waals surface area contributed by atoms with Crippen LogP contribution >= 0.6 is 0 Å². The van der Waals surface area contributed by atoms with Crippen LogP contribution in [0.15, 0.2) is 78.9 Å². The smallest absolute Gasteiger partial charge is 0.152 e. The first-order valence-corrected chi connectivity index (χ1v) is 10.6. The van der Waals surface area contributed by atoms with E-state index in [1.165, 1.54) is 23.3 Å². The molecule has 0 aliphatic rings. The average Bonchev–Trinajstić information content (AvgIpc) is 3.07. The Morgan fingerprint density at radius 1 is 0.903 bits per heavy atom. The highest BCUT2D eigenvalue weighted by molar-refractivity contribution is 5.91. The zero-order chi connectivity index (χ0) is 22.0. The summed E-state index contributed by atoms with van der Waals surface area (Å²) in [7, 11) is 0. The van der Waals surface area contributed by atoms with Gasteiger partial charge in [0.15, 0.2) is 6.29 Å². The number of hydrogen-bond donors (Lipinski definition) is 0. The maximum atomic E-state index is 13.5. The van der Waals surface area contributed by atoms with E-state index in [0.29, 0.717) is 5.56 Å². The van der Waals surface area contributed by atoms with Crippen LogP contribution in [0.4, 0.5) is 4.39 Å². The van der Waals surface area contributed by atoms with Gasteiger partial charge in [-0.3, -0.25) is 4.79 Å². The highest BCUT2D eigenvalue weighted by Gasteiger charge is 2.24. The lowest BCUT2D eigenvalue weighted by Crippen LogP contribution is -2.06.